The molecule has 3 aromatic carbocycles. The normalized spacial score (nSPS) is 15.1. The van der Waals surface area contributed by atoms with Gasteiger partial charge in [0.25, 0.3) is 0 Å². The fourth-order valence-electron chi connectivity index (χ4n) is 4.06. The van der Waals surface area contributed by atoms with E-state index in [4.69, 9.17) is 4.74 Å². The molecule has 1 fully saturated rings. The van der Waals surface area contributed by atoms with E-state index < -0.39 is 10.0 Å². The van der Waals surface area contributed by atoms with Gasteiger partial charge in [-0.1, -0.05) is 42.5 Å². The second-order valence-electron chi connectivity index (χ2n) is 8.18. The molecule has 34 heavy (non-hydrogen) atoms. The second-order valence-corrected chi connectivity index (χ2v) is 10.1. The molecule has 4 rings (SSSR count). The monoisotopic (exact) mass is 479 g/mol. The van der Waals surface area contributed by atoms with Crippen molar-refractivity contribution in [3.05, 3.63) is 90.0 Å². The maximum Gasteiger partial charge on any atom is 0.243 e. The van der Waals surface area contributed by atoms with Crippen molar-refractivity contribution in [3.63, 3.8) is 0 Å². The smallest absolute Gasteiger partial charge is 0.243 e. The number of carbonyl (C=O) groups excluding carboxylic acids is 1. The minimum atomic E-state index is -3.47. The standard InChI is InChI=1S/C26H29N3O4S/c1-33-23-13-9-21(10-14-23)26(20-7-3-2-4-8-20)27-19-25(30)28-22-11-15-24(16-12-22)34(31,32)29-17-5-6-18-29/h2-4,7-16,26-27H,5-6,17-19H2,1H3,(H,28,30)/t26-/m1/s1. The summed E-state index contributed by atoms with van der Waals surface area (Å²) in [4.78, 5) is 12.9. The van der Waals surface area contributed by atoms with E-state index in [-0.39, 0.29) is 23.4 Å². The number of rotatable bonds is 9. The third kappa shape index (κ3) is 5.64. The van der Waals surface area contributed by atoms with Gasteiger partial charge in [-0.15, -0.1) is 0 Å². The highest BCUT2D eigenvalue weighted by Crippen LogP contribution is 2.25. The van der Waals surface area contributed by atoms with Gasteiger partial charge in [0.15, 0.2) is 0 Å². The molecular weight excluding hydrogens is 450 g/mol. The maximum absolute atomic E-state index is 12.7. The van der Waals surface area contributed by atoms with Crippen molar-refractivity contribution in [1.82, 2.24) is 9.62 Å². The summed E-state index contributed by atoms with van der Waals surface area (Å²) < 4.78 is 32.1. The molecule has 1 aliphatic rings. The molecular formula is C26H29N3O4S. The lowest BCUT2D eigenvalue weighted by molar-refractivity contribution is -0.115. The van der Waals surface area contributed by atoms with Crippen molar-refractivity contribution in [2.24, 2.45) is 0 Å². The van der Waals surface area contributed by atoms with Crippen LogP contribution in [0.5, 0.6) is 5.75 Å². The van der Waals surface area contributed by atoms with Crippen LogP contribution in [0.1, 0.15) is 30.0 Å². The first-order valence-electron chi connectivity index (χ1n) is 11.3. The topological polar surface area (TPSA) is 87.7 Å². The molecule has 0 unspecified atom stereocenters. The van der Waals surface area contributed by atoms with E-state index in [1.54, 1.807) is 31.4 Å². The van der Waals surface area contributed by atoms with Crippen molar-refractivity contribution in [3.8, 4) is 5.75 Å². The number of amides is 1. The average Bonchev–Trinajstić information content (AvgIpc) is 3.42. The van der Waals surface area contributed by atoms with E-state index >= 15 is 0 Å². The summed E-state index contributed by atoms with van der Waals surface area (Å²) in [6.45, 7) is 1.20. The molecule has 3 aromatic rings. The van der Waals surface area contributed by atoms with Crippen molar-refractivity contribution < 1.29 is 17.9 Å². The minimum absolute atomic E-state index is 0.0828. The fourth-order valence-corrected chi connectivity index (χ4v) is 5.57. The third-order valence-electron chi connectivity index (χ3n) is 5.89. The number of nitrogens with one attached hydrogen (secondary N) is 2. The Kier molecular flexibility index (Phi) is 7.62. The van der Waals surface area contributed by atoms with Crippen LogP contribution in [0.3, 0.4) is 0 Å². The van der Waals surface area contributed by atoms with Crippen LogP contribution in [-0.2, 0) is 14.8 Å². The van der Waals surface area contributed by atoms with Gasteiger partial charge in [-0.3, -0.25) is 10.1 Å². The molecule has 1 saturated heterocycles. The molecule has 7 nitrogen and oxygen atoms in total. The van der Waals surface area contributed by atoms with Crippen LogP contribution in [0, 0.1) is 0 Å². The molecule has 1 aliphatic heterocycles. The Bertz CT molecular complexity index is 1190. The van der Waals surface area contributed by atoms with Gasteiger partial charge in [0, 0.05) is 18.8 Å². The van der Waals surface area contributed by atoms with E-state index in [9.17, 15) is 13.2 Å². The fraction of sp³-hybridized carbons (Fsp3) is 0.269. The summed E-state index contributed by atoms with van der Waals surface area (Å²) in [6, 6.07) is 23.8. The van der Waals surface area contributed by atoms with Gasteiger partial charge >= 0.3 is 0 Å². The van der Waals surface area contributed by atoms with E-state index in [0.717, 1.165) is 29.7 Å². The summed E-state index contributed by atoms with van der Waals surface area (Å²) in [5.74, 6) is 0.549. The first-order valence-corrected chi connectivity index (χ1v) is 12.7. The van der Waals surface area contributed by atoms with Gasteiger partial charge < -0.3 is 10.1 Å². The predicted molar refractivity (Wildman–Crippen MR) is 132 cm³/mol. The van der Waals surface area contributed by atoms with E-state index in [2.05, 4.69) is 10.6 Å². The highest BCUT2D eigenvalue weighted by Gasteiger charge is 2.27. The van der Waals surface area contributed by atoms with Crippen molar-refractivity contribution >= 4 is 21.6 Å². The second kappa shape index (κ2) is 10.8. The van der Waals surface area contributed by atoms with E-state index in [1.807, 2.05) is 54.6 Å². The van der Waals surface area contributed by atoms with Crippen LogP contribution in [0.2, 0.25) is 0 Å². The van der Waals surface area contributed by atoms with Crippen LogP contribution < -0.4 is 15.4 Å². The summed E-state index contributed by atoms with van der Waals surface area (Å²) >= 11 is 0. The highest BCUT2D eigenvalue weighted by atomic mass is 32.2. The SMILES string of the molecule is COc1ccc([C@H](NCC(=O)Nc2ccc(S(=O)(=O)N3CCCC3)cc2)c2ccccc2)cc1. The molecule has 0 saturated carbocycles. The molecule has 1 heterocycles. The number of sulfonamides is 1. The number of anilines is 1. The Hall–Kier alpha value is -3.20. The highest BCUT2D eigenvalue weighted by molar-refractivity contribution is 7.89. The lowest BCUT2D eigenvalue weighted by Gasteiger charge is -2.20. The van der Waals surface area contributed by atoms with Crippen LogP contribution in [0.25, 0.3) is 0 Å². The van der Waals surface area contributed by atoms with E-state index in [1.165, 1.54) is 4.31 Å². The number of benzene rings is 3. The number of methoxy groups -OCH3 is 1. The van der Waals surface area contributed by atoms with Crippen molar-refractivity contribution in [1.29, 1.82) is 0 Å². The van der Waals surface area contributed by atoms with Crippen molar-refractivity contribution in [2.45, 2.75) is 23.8 Å². The number of ether oxygens (including phenoxy) is 1. The van der Waals surface area contributed by atoms with Crippen LogP contribution >= 0.6 is 0 Å². The average molecular weight is 480 g/mol. The molecule has 178 valence electrons. The Balaban J connectivity index is 1.41. The number of hydrogen-bond donors (Lipinski definition) is 2. The lowest BCUT2D eigenvalue weighted by atomic mass is 9.98. The zero-order valence-electron chi connectivity index (χ0n) is 19.1. The maximum atomic E-state index is 12.7. The van der Waals surface area contributed by atoms with Crippen LogP contribution in [0.4, 0.5) is 5.69 Å². The van der Waals surface area contributed by atoms with Gasteiger partial charge in [-0.25, -0.2) is 8.42 Å². The molecule has 1 amide bonds. The Morgan fingerprint density at radius 2 is 1.53 bits per heavy atom. The lowest BCUT2D eigenvalue weighted by Crippen LogP contribution is -2.32. The zero-order chi connectivity index (χ0) is 24.0. The van der Waals surface area contributed by atoms with Gasteiger partial charge in [0.2, 0.25) is 15.9 Å². The molecule has 1 atom stereocenters. The molecule has 8 heteroatoms. The van der Waals surface area contributed by atoms with Gasteiger partial charge in [0.1, 0.15) is 5.75 Å². The molecule has 0 spiro atoms. The number of hydrogen-bond acceptors (Lipinski definition) is 5. The summed E-state index contributed by atoms with van der Waals surface area (Å²) in [5.41, 5.74) is 2.60. The van der Waals surface area contributed by atoms with Crippen LogP contribution in [0.15, 0.2) is 83.8 Å². The van der Waals surface area contributed by atoms with Crippen LogP contribution in [-0.4, -0.2) is 45.4 Å². The molecule has 2 N–H and O–H groups in total. The zero-order valence-corrected chi connectivity index (χ0v) is 19.9. The van der Waals surface area contributed by atoms with Gasteiger partial charge in [-0.05, 0) is 60.4 Å². The quantitative estimate of drug-likeness (QED) is 0.488. The minimum Gasteiger partial charge on any atom is -0.497 e. The first-order chi connectivity index (χ1) is 16.5. The number of carbonyl (C=O) groups is 1. The Morgan fingerprint density at radius 1 is 0.912 bits per heavy atom. The summed E-state index contributed by atoms with van der Waals surface area (Å²) in [7, 11) is -1.85. The first kappa shape index (κ1) is 23.9. The molecule has 0 aromatic heterocycles. The summed E-state index contributed by atoms with van der Waals surface area (Å²) in [6.07, 6.45) is 1.78. The van der Waals surface area contributed by atoms with Crippen molar-refractivity contribution in [2.75, 3.05) is 32.1 Å². The molecule has 0 radical (unpaired) electrons. The Labute approximate surface area is 200 Å². The largest absolute Gasteiger partial charge is 0.497 e. The summed E-state index contributed by atoms with van der Waals surface area (Å²) in [5, 5.41) is 6.16. The predicted octanol–water partition coefficient (Wildman–Crippen LogP) is 3.80. The molecule has 0 aliphatic carbocycles. The number of nitrogens with zero attached hydrogens (tertiary/aromatic N) is 1. The molecule has 0 bridgehead atoms. The Morgan fingerprint density at radius 3 is 2.15 bits per heavy atom. The third-order valence-corrected chi connectivity index (χ3v) is 7.80. The van der Waals surface area contributed by atoms with E-state index in [0.29, 0.717) is 18.8 Å². The van der Waals surface area contributed by atoms with Gasteiger partial charge in [0.05, 0.1) is 24.6 Å². The van der Waals surface area contributed by atoms with Gasteiger partial charge in [-0.2, -0.15) is 4.31 Å².